The van der Waals surface area contributed by atoms with Gasteiger partial charge in [-0.05, 0) is 12.8 Å². The summed E-state index contributed by atoms with van der Waals surface area (Å²) >= 11 is 0. The Bertz CT molecular complexity index is 1040. The quantitative estimate of drug-likeness (QED) is 0.736. The molecule has 3 aromatic heterocycles. The Balaban J connectivity index is 1.78. The highest BCUT2D eigenvalue weighted by Gasteiger charge is 2.16. The number of nitrogens with one attached hydrogen (secondary N) is 1. The maximum absolute atomic E-state index is 12.5. The summed E-state index contributed by atoms with van der Waals surface area (Å²) in [5.74, 6) is 0.897. The van der Waals surface area contributed by atoms with Crippen LogP contribution in [0.25, 0.3) is 17.0 Å². The zero-order chi connectivity index (χ0) is 18.6. The minimum Gasteiger partial charge on any atom is -0.361 e. The highest BCUT2D eigenvalue weighted by molar-refractivity contribution is 5.80. The summed E-state index contributed by atoms with van der Waals surface area (Å²) in [7, 11) is 0. The van der Waals surface area contributed by atoms with Crippen LogP contribution >= 0.6 is 0 Å². The van der Waals surface area contributed by atoms with Crippen molar-refractivity contribution < 1.29 is 4.74 Å². The number of fused-ring (bicyclic) bond motifs is 1. The topological polar surface area (TPSA) is 113 Å². The second kappa shape index (κ2) is 7.55. The zero-order valence-corrected chi connectivity index (χ0v) is 14.8. The van der Waals surface area contributed by atoms with E-state index >= 15 is 0 Å². The van der Waals surface area contributed by atoms with Crippen LogP contribution < -0.4 is 10.5 Å². The van der Waals surface area contributed by atoms with Crippen LogP contribution in [0.1, 0.15) is 31.2 Å². The Morgan fingerprint density at radius 2 is 2.11 bits per heavy atom. The van der Waals surface area contributed by atoms with Crippen LogP contribution in [0.2, 0.25) is 0 Å². The number of aromatic nitrogens is 5. The Morgan fingerprint density at radius 1 is 1.22 bits per heavy atom. The van der Waals surface area contributed by atoms with E-state index in [-0.39, 0.29) is 5.56 Å². The molecule has 1 saturated heterocycles. The average molecular weight is 365 g/mol. The summed E-state index contributed by atoms with van der Waals surface area (Å²) in [5, 5.41) is 9.36. The predicted molar refractivity (Wildman–Crippen MR) is 98.6 cm³/mol. The smallest absolute Gasteiger partial charge is 0.275 e. The van der Waals surface area contributed by atoms with E-state index in [1.807, 2.05) is 4.90 Å². The number of nitrogens with zero attached hydrogens (tertiary/aromatic N) is 6. The fraction of sp³-hybridized carbons (Fsp3) is 0.389. The first-order valence-corrected chi connectivity index (χ1v) is 8.93. The molecule has 0 spiro atoms. The van der Waals surface area contributed by atoms with Crippen LogP contribution in [0.4, 0.5) is 5.95 Å². The molecule has 27 heavy (non-hydrogen) atoms. The third-order valence-corrected chi connectivity index (χ3v) is 4.56. The molecule has 1 N–H and O–H groups in total. The van der Waals surface area contributed by atoms with E-state index in [9.17, 15) is 10.1 Å². The van der Waals surface area contributed by atoms with E-state index < -0.39 is 0 Å². The summed E-state index contributed by atoms with van der Waals surface area (Å²) in [6.07, 6.45) is 8.75. The normalized spacial score (nSPS) is 15.7. The van der Waals surface area contributed by atoms with Crippen LogP contribution in [0.3, 0.4) is 0 Å². The molecule has 0 unspecified atom stereocenters. The maximum Gasteiger partial charge on any atom is 0.275 e. The number of H-pyrrole nitrogens is 1. The van der Waals surface area contributed by atoms with Gasteiger partial charge in [-0.3, -0.25) is 9.36 Å². The Hall–Kier alpha value is -3.25. The molecule has 0 aliphatic carbocycles. The molecule has 0 bridgehead atoms. The number of hydrogen-bond acceptors (Lipinski definition) is 7. The summed E-state index contributed by atoms with van der Waals surface area (Å²) in [6.45, 7) is 1.92. The van der Waals surface area contributed by atoms with Gasteiger partial charge in [0.15, 0.2) is 5.65 Å². The third-order valence-electron chi connectivity index (χ3n) is 4.56. The first-order valence-electron chi connectivity index (χ1n) is 8.93. The van der Waals surface area contributed by atoms with E-state index in [0.29, 0.717) is 35.2 Å². The van der Waals surface area contributed by atoms with Crippen molar-refractivity contribution in [2.45, 2.75) is 25.7 Å². The lowest BCUT2D eigenvalue weighted by Gasteiger charge is -2.22. The minimum absolute atomic E-state index is 0.335. The lowest BCUT2D eigenvalue weighted by molar-refractivity contribution is 0.133. The van der Waals surface area contributed by atoms with Gasteiger partial charge in [0.25, 0.3) is 5.56 Å². The molecular weight excluding hydrogens is 346 g/mol. The molecule has 4 rings (SSSR count). The van der Waals surface area contributed by atoms with Crippen molar-refractivity contribution >= 4 is 17.1 Å². The van der Waals surface area contributed by atoms with Gasteiger partial charge in [-0.15, -0.1) is 0 Å². The molecule has 4 heterocycles. The first-order chi connectivity index (χ1) is 13.3. The summed E-state index contributed by atoms with van der Waals surface area (Å²) in [5.41, 5.74) is 0.846. The fourth-order valence-electron chi connectivity index (χ4n) is 3.20. The first kappa shape index (κ1) is 17.2. The van der Waals surface area contributed by atoms with Crippen molar-refractivity contribution in [1.29, 1.82) is 5.26 Å². The molecule has 0 aromatic carbocycles. The van der Waals surface area contributed by atoms with Crippen LogP contribution in [-0.2, 0) is 4.74 Å². The lowest BCUT2D eigenvalue weighted by atomic mass is 10.2. The molecule has 9 nitrogen and oxygen atoms in total. The standard InChI is InChI=1S/C18H19N7O2/c19-9-13-10-21-17-16(13)25(15(26)11-22-17)14-5-6-20-18(23-14)24-7-3-1-2-4-8-27-12-24/h5-6,10-11,21H,1-4,7-8,12H2. The van der Waals surface area contributed by atoms with Gasteiger partial charge < -0.3 is 14.6 Å². The van der Waals surface area contributed by atoms with Gasteiger partial charge in [0.05, 0.1) is 11.8 Å². The van der Waals surface area contributed by atoms with Crippen molar-refractivity contribution in [3.8, 4) is 11.9 Å². The van der Waals surface area contributed by atoms with Crippen molar-refractivity contribution in [2.75, 3.05) is 24.8 Å². The Kier molecular flexibility index (Phi) is 4.80. The zero-order valence-electron chi connectivity index (χ0n) is 14.8. The number of nitriles is 1. The second-order valence-corrected chi connectivity index (χ2v) is 6.37. The SMILES string of the molecule is N#Cc1c[nH]c2ncc(=O)n(-c3ccnc(N4CCCCCCOC4)n3)c12. The van der Waals surface area contributed by atoms with E-state index in [1.165, 1.54) is 17.0 Å². The van der Waals surface area contributed by atoms with Gasteiger partial charge in [0, 0.05) is 31.6 Å². The number of ether oxygens (including phenoxy) is 1. The highest BCUT2D eigenvalue weighted by atomic mass is 16.5. The van der Waals surface area contributed by atoms with E-state index in [2.05, 4.69) is 26.0 Å². The molecule has 1 aliphatic heterocycles. The molecule has 0 saturated carbocycles. The summed E-state index contributed by atoms with van der Waals surface area (Å²) in [6, 6.07) is 3.73. The number of aromatic amines is 1. The maximum atomic E-state index is 12.5. The summed E-state index contributed by atoms with van der Waals surface area (Å²) < 4.78 is 7.09. The Morgan fingerprint density at radius 3 is 3.00 bits per heavy atom. The van der Waals surface area contributed by atoms with Crippen molar-refractivity contribution in [3.63, 3.8) is 0 Å². The van der Waals surface area contributed by atoms with Gasteiger partial charge in [0.1, 0.15) is 24.1 Å². The number of rotatable bonds is 2. The highest BCUT2D eigenvalue weighted by Crippen LogP contribution is 2.19. The van der Waals surface area contributed by atoms with Gasteiger partial charge in [-0.2, -0.15) is 10.2 Å². The second-order valence-electron chi connectivity index (χ2n) is 6.37. The van der Waals surface area contributed by atoms with Crippen molar-refractivity contribution in [3.05, 3.63) is 40.6 Å². The molecule has 0 radical (unpaired) electrons. The molecular formula is C18H19N7O2. The molecule has 1 aliphatic rings. The van der Waals surface area contributed by atoms with Gasteiger partial charge in [0.2, 0.25) is 5.95 Å². The van der Waals surface area contributed by atoms with E-state index in [1.54, 1.807) is 12.3 Å². The monoisotopic (exact) mass is 365 g/mol. The number of anilines is 1. The molecule has 3 aromatic rings. The third kappa shape index (κ3) is 3.39. The molecule has 0 amide bonds. The van der Waals surface area contributed by atoms with Crippen LogP contribution in [0.15, 0.2) is 29.5 Å². The van der Waals surface area contributed by atoms with Crippen molar-refractivity contribution in [1.82, 2.24) is 24.5 Å². The van der Waals surface area contributed by atoms with Gasteiger partial charge >= 0.3 is 0 Å². The van der Waals surface area contributed by atoms with E-state index in [0.717, 1.165) is 38.8 Å². The summed E-state index contributed by atoms with van der Waals surface area (Å²) in [4.78, 5) is 30.4. The molecule has 138 valence electrons. The predicted octanol–water partition coefficient (Wildman–Crippen LogP) is 1.73. The number of hydrogen-bond donors (Lipinski definition) is 1. The van der Waals surface area contributed by atoms with Crippen LogP contribution in [0.5, 0.6) is 0 Å². The molecule has 1 fully saturated rings. The molecule has 9 heteroatoms. The Labute approximate surface area is 155 Å². The lowest BCUT2D eigenvalue weighted by Crippen LogP contribution is -2.29. The van der Waals surface area contributed by atoms with Gasteiger partial charge in [-0.1, -0.05) is 12.8 Å². The van der Waals surface area contributed by atoms with Crippen molar-refractivity contribution in [2.24, 2.45) is 0 Å². The fourth-order valence-corrected chi connectivity index (χ4v) is 3.20. The average Bonchev–Trinajstić information content (AvgIpc) is 3.16. The molecule has 0 atom stereocenters. The van der Waals surface area contributed by atoms with Gasteiger partial charge in [-0.25, -0.2) is 9.97 Å². The van der Waals surface area contributed by atoms with E-state index in [4.69, 9.17) is 4.74 Å². The van der Waals surface area contributed by atoms with Crippen LogP contribution in [-0.4, -0.2) is 44.4 Å². The minimum atomic E-state index is -0.357. The largest absolute Gasteiger partial charge is 0.361 e. The van der Waals surface area contributed by atoms with Crippen LogP contribution in [0, 0.1) is 11.3 Å².